The van der Waals surface area contributed by atoms with Crippen LogP contribution in [0.5, 0.6) is 11.5 Å². The molecule has 2 N–H and O–H groups in total. The predicted molar refractivity (Wildman–Crippen MR) is 102 cm³/mol. The van der Waals surface area contributed by atoms with Crippen molar-refractivity contribution in [2.75, 3.05) is 27.3 Å². The molecule has 0 spiro atoms. The second kappa shape index (κ2) is 6.89. The Morgan fingerprint density at radius 1 is 1.15 bits per heavy atom. The molecule has 2 aromatic rings. The number of pyridine rings is 1. The lowest BCUT2D eigenvalue weighted by Gasteiger charge is -2.46. The number of hydrogen-bond donors (Lipinski definition) is 1. The van der Waals surface area contributed by atoms with Crippen LogP contribution >= 0.6 is 0 Å². The molecule has 3 atom stereocenters. The Morgan fingerprint density at radius 2 is 1.92 bits per heavy atom. The molecule has 3 heterocycles. The summed E-state index contributed by atoms with van der Waals surface area (Å²) < 4.78 is 11.0. The summed E-state index contributed by atoms with van der Waals surface area (Å²) in [6.45, 7) is 4.11. The van der Waals surface area contributed by atoms with Crippen LogP contribution in [0.4, 0.5) is 0 Å². The number of nitrogens with zero attached hydrogens (tertiary/aromatic N) is 2. The van der Waals surface area contributed by atoms with E-state index >= 15 is 0 Å². The molecule has 2 aliphatic heterocycles. The van der Waals surface area contributed by atoms with Gasteiger partial charge in [-0.1, -0.05) is 0 Å². The Hall–Kier alpha value is -2.11. The standard InChI is InChI=1S/C21H27N3O2/c1-13-4-6-23-18(8-13)16-12-24-7-5-14-9-20(25-2)21(26-3)10-15(14)19(24)11-17(16)22/h4,6,8-10,16-17,19H,5,7,11-12,22H2,1-3H3/t16-,17+,19-/m1/s1. The molecule has 5 nitrogen and oxygen atoms in total. The highest BCUT2D eigenvalue weighted by Gasteiger charge is 2.39. The fraction of sp³-hybridized carbons (Fsp3) is 0.476. The zero-order valence-electron chi connectivity index (χ0n) is 15.7. The molecule has 0 amide bonds. The molecule has 0 bridgehead atoms. The van der Waals surface area contributed by atoms with Crippen molar-refractivity contribution in [1.82, 2.24) is 9.88 Å². The van der Waals surface area contributed by atoms with E-state index in [-0.39, 0.29) is 12.0 Å². The third-order valence-corrected chi connectivity index (χ3v) is 5.87. The first kappa shape index (κ1) is 17.3. The van der Waals surface area contributed by atoms with Gasteiger partial charge in [0.1, 0.15) is 0 Å². The average molecular weight is 353 g/mol. The highest BCUT2D eigenvalue weighted by Crippen LogP contribution is 2.43. The number of hydrogen-bond acceptors (Lipinski definition) is 5. The fourth-order valence-corrected chi connectivity index (χ4v) is 4.46. The van der Waals surface area contributed by atoms with Crippen molar-refractivity contribution < 1.29 is 9.47 Å². The summed E-state index contributed by atoms with van der Waals surface area (Å²) in [4.78, 5) is 7.16. The normalized spacial score (nSPS) is 25.3. The molecule has 4 rings (SSSR count). The zero-order valence-corrected chi connectivity index (χ0v) is 15.7. The summed E-state index contributed by atoms with van der Waals surface area (Å²) in [5.41, 5.74) is 11.7. The van der Waals surface area contributed by atoms with Crippen molar-refractivity contribution in [3.05, 3.63) is 52.8 Å². The molecule has 1 saturated heterocycles. The summed E-state index contributed by atoms with van der Waals surface area (Å²) in [6.07, 6.45) is 3.85. The first-order chi connectivity index (χ1) is 12.6. The van der Waals surface area contributed by atoms with E-state index in [0.717, 1.165) is 43.1 Å². The number of methoxy groups -OCH3 is 2. The van der Waals surface area contributed by atoms with Gasteiger partial charge in [-0.15, -0.1) is 0 Å². The van der Waals surface area contributed by atoms with Gasteiger partial charge < -0.3 is 15.2 Å². The van der Waals surface area contributed by atoms with Gasteiger partial charge in [-0.05, 0) is 60.7 Å². The van der Waals surface area contributed by atoms with Crippen molar-refractivity contribution in [2.24, 2.45) is 5.73 Å². The monoisotopic (exact) mass is 353 g/mol. The summed E-state index contributed by atoms with van der Waals surface area (Å²) in [5.74, 6) is 1.89. The molecule has 0 unspecified atom stereocenters. The molecular formula is C21H27N3O2. The SMILES string of the molecule is COc1cc2c(cc1OC)[C@H]1C[C@H](N)[C@H](c3cc(C)ccn3)CN1CC2. The van der Waals surface area contributed by atoms with Crippen LogP contribution in [0.3, 0.4) is 0 Å². The molecule has 0 saturated carbocycles. The Balaban J connectivity index is 1.64. The molecule has 138 valence electrons. The van der Waals surface area contributed by atoms with Crippen LogP contribution in [0.2, 0.25) is 0 Å². The van der Waals surface area contributed by atoms with Crippen LogP contribution in [-0.2, 0) is 6.42 Å². The van der Waals surface area contributed by atoms with Crippen molar-refractivity contribution in [1.29, 1.82) is 0 Å². The van der Waals surface area contributed by atoms with Crippen molar-refractivity contribution in [3.63, 3.8) is 0 Å². The number of fused-ring (bicyclic) bond motifs is 3. The third-order valence-electron chi connectivity index (χ3n) is 5.87. The van der Waals surface area contributed by atoms with E-state index < -0.39 is 0 Å². The van der Waals surface area contributed by atoms with E-state index in [0.29, 0.717) is 6.04 Å². The first-order valence-corrected chi connectivity index (χ1v) is 9.27. The van der Waals surface area contributed by atoms with E-state index in [2.05, 4.69) is 35.0 Å². The number of aryl methyl sites for hydroxylation is 1. The second-order valence-electron chi connectivity index (χ2n) is 7.43. The lowest BCUT2D eigenvalue weighted by molar-refractivity contribution is 0.108. The Bertz CT molecular complexity index is 808. The molecular weight excluding hydrogens is 326 g/mol. The van der Waals surface area contributed by atoms with E-state index in [1.54, 1.807) is 14.2 Å². The van der Waals surface area contributed by atoms with E-state index in [4.69, 9.17) is 15.2 Å². The van der Waals surface area contributed by atoms with E-state index in [1.165, 1.54) is 16.7 Å². The van der Waals surface area contributed by atoms with E-state index in [1.807, 2.05) is 12.3 Å². The first-order valence-electron chi connectivity index (χ1n) is 9.27. The second-order valence-corrected chi connectivity index (χ2v) is 7.43. The van der Waals surface area contributed by atoms with E-state index in [9.17, 15) is 0 Å². The Labute approximate surface area is 155 Å². The molecule has 1 aromatic carbocycles. The number of rotatable bonds is 3. The lowest BCUT2D eigenvalue weighted by atomic mass is 9.79. The van der Waals surface area contributed by atoms with Crippen molar-refractivity contribution in [2.45, 2.75) is 37.8 Å². The number of piperidine rings is 1. The van der Waals surface area contributed by atoms with Gasteiger partial charge in [-0.2, -0.15) is 0 Å². The number of ether oxygens (including phenoxy) is 2. The van der Waals surface area contributed by atoms with Crippen molar-refractivity contribution >= 4 is 0 Å². The van der Waals surface area contributed by atoms with Crippen LogP contribution in [-0.4, -0.2) is 43.2 Å². The average Bonchev–Trinajstić information content (AvgIpc) is 2.66. The molecule has 0 aliphatic carbocycles. The number of benzene rings is 1. The minimum absolute atomic E-state index is 0.101. The van der Waals surface area contributed by atoms with Gasteiger partial charge >= 0.3 is 0 Å². The van der Waals surface area contributed by atoms with Gasteiger partial charge in [0.2, 0.25) is 0 Å². The maximum atomic E-state index is 6.63. The summed E-state index contributed by atoms with van der Waals surface area (Å²) in [7, 11) is 3.38. The summed E-state index contributed by atoms with van der Waals surface area (Å²) in [6, 6.07) is 8.93. The highest BCUT2D eigenvalue weighted by atomic mass is 16.5. The summed E-state index contributed by atoms with van der Waals surface area (Å²) in [5, 5.41) is 0. The van der Waals surface area contributed by atoms with Gasteiger partial charge in [-0.25, -0.2) is 0 Å². The maximum Gasteiger partial charge on any atom is 0.161 e. The lowest BCUT2D eigenvalue weighted by Crippen LogP contribution is -2.50. The fourth-order valence-electron chi connectivity index (χ4n) is 4.46. The summed E-state index contributed by atoms with van der Waals surface area (Å²) >= 11 is 0. The maximum absolute atomic E-state index is 6.63. The molecule has 5 heteroatoms. The Morgan fingerprint density at radius 3 is 2.65 bits per heavy atom. The number of aromatic nitrogens is 1. The van der Waals surface area contributed by atoms with Gasteiger partial charge in [-0.3, -0.25) is 9.88 Å². The predicted octanol–water partition coefficient (Wildman–Crippen LogP) is 2.82. The van der Waals surface area contributed by atoms with Crippen LogP contribution in [0.1, 0.15) is 40.8 Å². The van der Waals surface area contributed by atoms with Gasteiger partial charge in [0.15, 0.2) is 11.5 Å². The Kier molecular flexibility index (Phi) is 4.59. The van der Waals surface area contributed by atoms with Crippen LogP contribution in [0.25, 0.3) is 0 Å². The third kappa shape index (κ3) is 2.95. The van der Waals surface area contributed by atoms with Crippen LogP contribution in [0, 0.1) is 6.92 Å². The minimum atomic E-state index is 0.101. The van der Waals surface area contributed by atoms with Crippen molar-refractivity contribution in [3.8, 4) is 11.5 Å². The smallest absolute Gasteiger partial charge is 0.161 e. The molecule has 2 aliphatic rings. The van der Waals surface area contributed by atoms with Crippen LogP contribution < -0.4 is 15.2 Å². The molecule has 0 radical (unpaired) electrons. The number of nitrogens with two attached hydrogens (primary N) is 1. The zero-order chi connectivity index (χ0) is 18.3. The largest absolute Gasteiger partial charge is 0.493 e. The van der Waals surface area contributed by atoms with Gasteiger partial charge in [0, 0.05) is 43.0 Å². The topological polar surface area (TPSA) is 60.6 Å². The quantitative estimate of drug-likeness (QED) is 0.919. The van der Waals surface area contributed by atoms with Crippen LogP contribution in [0.15, 0.2) is 30.5 Å². The molecule has 26 heavy (non-hydrogen) atoms. The minimum Gasteiger partial charge on any atom is -0.493 e. The molecule has 1 aromatic heterocycles. The highest BCUT2D eigenvalue weighted by molar-refractivity contribution is 5.49. The molecule has 1 fully saturated rings. The van der Waals surface area contributed by atoms with Gasteiger partial charge in [0.25, 0.3) is 0 Å². The van der Waals surface area contributed by atoms with Gasteiger partial charge in [0.05, 0.1) is 14.2 Å².